The average Bonchev–Trinajstić information content (AvgIpc) is 2.17. The summed E-state index contributed by atoms with van der Waals surface area (Å²) in [5, 5.41) is 0. The number of ether oxygens (including phenoxy) is 1. The molecule has 1 aromatic carbocycles. The number of hydrogen-bond donors (Lipinski definition) is 1. The normalized spacial score (nSPS) is 11.8. The Morgan fingerprint density at radius 3 is 2.92 bits per heavy atom. The van der Waals surface area contributed by atoms with Crippen LogP contribution < -0.4 is 10.5 Å². The lowest BCUT2D eigenvalue weighted by Gasteiger charge is -2.06. The second-order valence-electron chi connectivity index (χ2n) is 2.42. The maximum atomic E-state index is 5.63. The van der Waals surface area contributed by atoms with Crippen LogP contribution in [-0.4, -0.2) is 7.11 Å². The molecule has 0 saturated carbocycles. The highest BCUT2D eigenvalue weighted by Gasteiger charge is 2.01. The lowest BCUT2D eigenvalue weighted by Crippen LogP contribution is -2.06. The van der Waals surface area contributed by atoms with Gasteiger partial charge in [-0.3, -0.25) is 0 Å². The fraction of sp³-hybridized carbons (Fsp3) is 0.200. The highest BCUT2D eigenvalue weighted by Crippen LogP contribution is 2.16. The van der Waals surface area contributed by atoms with Gasteiger partial charge in [0.15, 0.2) is 0 Å². The Labute approximate surface area is 72.3 Å². The Balaban J connectivity index is 2.95. The van der Waals surface area contributed by atoms with Gasteiger partial charge in [-0.2, -0.15) is 0 Å². The van der Waals surface area contributed by atoms with Crippen molar-refractivity contribution in [2.24, 2.45) is 5.73 Å². The number of nitrogens with two attached hydrogens (primary N) is 1. The summed E-state index contributed by atoms with van der Waals surface area (Å²) < 4.78 is 5.03. The van der Waals surface area contributed by atoms with E-state index in [1.54, 1.807) is 7.11 Å². The van der Waals surface area contributed by atoms with Crippen LogP contribution in [0.4, 0.5) is 0 Å². The summed E-state index contributed by atoms with van der Waals surface area (Å²) in [7, 11) is 1.61. The van der Waals surface area contributed by atoms with Crippen LogP contribution in [-0.2, 0) is 0 Å². The minimum absolute atomic E-state index is 0.347. The molecule has 0 saturated heterocycles. The van der Waals surface area contributed by atoms with Crippen LogP contribution in [0.25, 0.3) is 0 Å². The molecule has 0 aliphatic carbocycles. The van der Waals surface area contributed by atoms with Crippen LogP contribution in [0, 0.1) is 12.3 Å². The molecule has 0 unspecified atom stereocenters. The third kappa shape index (κ3) is 1.77. The number of rotatable bonds is 2. The molecule has 0 bridgehead atoms. The molecular weight excluding hydrogens is 150 g/mol. The number of terminal acetylenes is 1. The van der Waals surface area contributed by atoms with Crippen LogP contribution in [0.15, 0.2) is 24.3 Å². The topological polar surface area (TPSA) is 35.2 Å². The molecule has 0 amide bonds. The number of benzene rings is 1. The van der Waals surface area contributed by atoms with Crippen molar-refractivity contribution < 1.29 is 4.74 Å². The van der Waals surface area contributed by atoms with Gasteiger partial charge in [-0.25, -0.2) is 0 Å². The molecule has 2 heteroatoms. The van der Waals surface area contributed by atoms with E-state index in [4.69, 9.17) is 16.9 Å². The second kappa shape index (κ2) is 3.80. The van der Waals surface area contributed by atoms with Crippen LogP contribution in [0.3, 0.4) is 0 Å². The van der Waals surface area contributed by atoms with Crippen molar-refractivity contribution in [2.45, 2.75) is 6.04 Å². The summed E-state index contributed by atoms with van der Waals surface area (Å²) in [4.78, 5) is 0. The summed E-state index contributed by atoms with van der Waals surface area (Å²) in [5.41, 5.74) is 6.53. The van der Waals surface area contributed by atoms with Crippen molar-refractivity contribution in [1.29, 1.82) is 0 Å². The Morgan fingerprint density at radius 2 is 2.33 bits per heavy atom. The maximum Gasteiger partial charge on any atom is 0.119 e. The smallest absolute Gasteiger partial charge is 0.119 e. The van der Waals surface area contributed by atoms with Crippen LogP contribution in [0.5, 0.6) is 5.75 Å². The Bertz CT molecular complexity index is 301. The molecule has 0 aliphatic rings. The second-order valence-corrected chi connectivity index (χ2v) is 2.42. The van der Waals surface area contributed by atoms with Crippen molar-refractivity contribution in [3.05, 3.63) is 29.8 Å². The Kier molecular flexibility index (Phi) is 2.73. The minimum Gasteiger partial charge on any atom is -0.497 e. The summed E-state index contributed by atoms with van der Waals surface area (Å²) in [5.74, 6) is 3.23. The molecule has 0 fully saturated rings. The third-order valence-corrected chi connectivity index (χ3v) is 1.63. The van der Waals surface area contributed by atoms with Gasteiger partial charge in [0.2, 0.25) is 0 Å². The van der Waals surface area contributed by atoms with E-state index in [-0.39, 0.29) is 6.04 Å². The highest BCUT2D eigenvalue weighted by molar-refractivity contribution is 5.33. The summed E-state index contributed by atoms with van der Waals surface area (Å²) >= 11 is 0. The first-order chi connectivity index (χ1) is 5.77. The molecule has 1 aromatic rings. The van der Waals surface area contributed by atoms with Crippen molar-refractivity contribution in [1.82, 2.24) is 0 Å². The molecule has 12 heavy (non-hydrogen) atoms. The van der Waals surface area contributed by atoms with Gasteiger partial charge in [-0.15, -0.1) is 6.42 Å². The fourth-order valence-electron chi connectivity index (χ4n) is 0.931. The molecular formula is C10H11NO. The first kappa shape index (κ1) is 8.63. The van der Waals surface area contributed by atoms with E-state index in [0.29, 0.717) is 0 Å². The zero-order valence-electron chi connectivity index (χ0n) is 6.95. The first-order valence-corrected chi connectivity index (χ1v) is 3.63. The largest absolute Gasteiger partial charge is 0.497 e. The minimum atomic E-state index is -0.347. The van der Waals surface area contributed by atoms with Gasteiger partial charge >= 0.3 is 0 Å². The van der Waals surface area contributed by atoms with Gasteiger partial charge in [0, 0.05) is 0 Å². The predicted octanol–water partition coefficient (Wildman–Crippen LogP) is 1.33. The third-order valence-electron chi connectivity index (χ3n) is 1.63. The molecule has 2 nitrogen and oxygen atoms in total. The van der Waals surface area contributed by atoms with Crippen molar-refractivity contribution in [3.63, 3.8) is 0 Å². The van der Waals surface area contributed by atoms with Gasteiger partial charge in [0.25, 0.3) is 0 Å². The Hall–Kier alpha value is -1.46. The van der Waals surface area contributed by atoms with Gasteiger partial charge < -0.3 is 10.5 Å². The van der Waals surface area contributed by atoms with E-state index in [1.165, 1.54) is 0 Å². The molecule has 62 valence electrons. The molecule has 2 N–H and O–H groups in total. The van der Waals surface area contributed by atoms with Gasteiger partial charge in [0.1, 0.15) is 5.75 Å². The van der Waals surface area contributed by atoms with Crippen LogP contribution in [0.1, 0.15) is 11.6 Å². The zero-order valence-corrected chi connectivity index (χ0v) is 6.95. The Morgan fingerprint density at radius 1 is 1.58 bits per heavy atom. The van der Waals surface area contributed by atoms with E-state index >= 15 is 0 Å². The van der Waals surface area contributed by atoms with Crippen molar-refractivity contribution in [3.8, 4) is 18.1 Å². The van der Waals surface area contributed by atoms with E-state index < -0.39 is 0 Å². The number of hydrogen-bond acceptors (Lipinski definition) is 2. The van der Waals surface area contributed by atoms with Crippen LogP contribution in [0.2, 0.25) is 0 Å². The van der Waals surface area contributed by atoms with E-state index in [9.17, 15) is 0 Å². The molecule has 1 atom stereocenters. The van der Waals surface area contributed by atoms with Gasteiger partial charge in [-0.1, -0.05) is 18.1 Å². The lowest BCUT2D eigenvalue weighted by molar-refractivity contribution is 0.414. The fourth-order valence-corrected chi connectivity index (χ4v) is 0.931. The molecule has 1 rings (SSSR count). The van der Waals surface area contributed by atoms with Crippen molar-refractivity contribution in [2.75, 3.05) is 7.11 Å². The zero-order chi connectivity index (χ0) is 8.97. The van der Waals surface area contributed by atoms with E-state index in [1.807, 2.05) is 24.3 Å². The standard InChI is InChI=1S/C10H11NO/c1-3-10(11)8-5-4-6-9(7-8)12-2/h1,4-7,10H,11H2,2H3/t10-/m1/s1. The summed E-state index contributed by atoms with van der Waals surface area (Å²) in [6, 6.07) is 7.09. The number of methoxy groups -OCH3 is 1. The average molecular weight is 161 g/mol. The molecule has 0 aromatic heterocycles. The predicted molar refractivity (Wildman–Crippen MR) is 48.8 cm³/mol. The highest BCUT2D eigenvalue weighted by atomic mass is 16.5. The molecule has 0 radical (unpaired) electrons. The van der Waals surface area contributed by atoms with Crippen LogP contribution >= 0.6 is 0 Å². The van der Waals surface area contributed by atoms with Crippen molar-refractivity contribution >= 4 is 0 Å². The summed E-state index contributed by atoms with van der Waals surface area (Å²) in [6.07, 6.45) is 5.18. The molecule has 0 aliphatic heterocycles. The van der Waals surface area contributed by atoms with E-state index in [0.717, 1.165) is 11.3 Å². The quantitative estimate of drug-likeness (QED) is 0.664. The van der Waals surface area contributed by atoms with Gasteiger partial charge in [-0.05, 0) is 17.7 Å². The summed E-state index contributed by atoms with van der Waals surface area (Å²) in [6.45, 7) is 0. The maximum absolute atomic E-state index is 5.63. The molecule has 0 heterocycles. The monoisotopic (exact) mass is 161 g/mol. The lowest BCUT2D eigenvalue weighted by atomic mass is 10.1. The SMILES string of the molecule is C#C[C@@H](N)c1cccc(OC)c1. The van der Waals surface area contributed by atoms with Gasteiger partial charge in [0.05, 0.1) is 13.2 Å². The first-order valence-electron chi connectivity index (χ1n) is 3.63. The van der Waals surface area contributed by atoms with E-state index in [2.05, 4.69) is 5.92 Å². The molecule has 0 spiro atoms.